The molecule has 0 radical (unpaired) electrons. The van der Waals surface area contributed by atoms with Crippen molar-refractivity contribution < 1.29 is 9.90 Å². The Morgan fingerprint density at radius 1 is 1.50 bits per heavy atom. The van der Waals surface area contributed by atoms with Gasteiger partial charge in [-0.2, -0.15) is 0 Å². The number of carboxylic acids is 1. The van der Waals surface area contributed by atoms with Crippen LogP contribution in [0.2, 0.25) is 0 Å². The van der Waals surface area contributed by atoms with E-state index >= 15 is 0 Å². The molecule has 0 spiro atoms. The van der Waals surface area contributed by atoms with Gasteiger partial charge >= 0.3 is 5.97 Å². The Morgan fingerprint density at radius 3 is 2.78 bits per heavy atom. The van der Waals surface area contributed by atoms with Gasteiger partial charge in [0.25, 0.3) is 0 Å². The molecule has 1 unspecified atom stereocenters. The number of nitrogens with zero attached hydrogens (tertiary/aromatic N) is 2. The molecular weight excluding hydrogens is 230 g/mol. The second-order valence-electron chi connectivity index (χ2n) is 4.93. The number of likely N-dealkylation sites (N-methyl/N-ethyl adjacent to an activating group) is 1. The van der Waals surface area contributed by atoms with Gasteiger partial charge in [0.1, 0.15) is 0 Å². The molecule has 1 aliphatic heterocycles. The molecule has 0 bridgehead atoms. The highest BCUT2D eigenvalue weighted by molar-refractivity contribution is 5.90. The molecule has 5 nitrogen and oxygen atoms in total. The van der Waals surface area contributed by atoms with Gasteiger partial charge < -0.3 is 20.6 Å². The smallest absolute Gasteiger partial charge is 0.335 e. The first-order chi connectivity index (χ1) is 8.49. The van der Waals surface area contributed by atoms with Gasteiger partial charge in [-0.15, -0.1) is 0 Å². The minimum atomic E-state index is -0.917. The maximum absolute atomic E-state index is 11.0. The molecule has 0 aliphatic carbocycles. The van der Waals surface area contributed by atoms with Crippen LogP contribution in [0.3, 0.4) is 0 Å². The number of nitrogens with two attached hydrogens (primary N) is 1. The van der Waals surface area contributed by atoms with Gasteiger partial charge in [0.05, 0.1) is 16.9 Å². The van der Waals surface area contributed by atoms with E-state index in [2.05, 4.69) is 23.9 Å². The summed E-state index contributed by atoms with van der Waals surface area (Å²) in [6.07, 6.45) is 1.07. The third-order valence-electron chi connectivity index (χ3n) is 3.51. The molecule has 2 rings (SSSR count). The second kappa shape index (κ2) is 4.86. The van der Waals surface area contributed by atoms with Crippen LogP contribution in [0.1, 0.15) is 16.8 Å². The molecule has 0 amide bonds. The minimum Gasteiger partial charge on any atom is -0.478 e. The molecule has 1 fully saturated rings. The summed E-state index contributed by atoms with van der Waals surface area (Å²) in [7, 11) is 4.12. The third kappa shape index (κ3) is 2.41. The largest absolute Gasteiger partial charge is 0.478 e. The molecule has 1 aromatic carbocycles. The average Bonchev–Trinajstić information content (AvgIpc) is 2.78. The third-order valence-corrected chi connectivity index (χ3v) is 3.51. The molecule has 5 heteroatoms. The van der Waals surface area contributed by atoms with Gasteiger partial charge in [-0.25, -0.2) is 4.79 Å². The Labute approximate surface area is 107 Å². The summed E-state index contributed by atoms with van der Waals surface area (Å²) in [5, 5.41) is 9.02. The van der Waals surface area contributed by atoms with Crippen molar-refractivity contribution in [1.29, 1.82) is 0 Å². The van der Waals surface area contributed by atoms with E-state index in [1.54, 1.807) is 18.2 Å². The van der Waals surface area contributed by atoms with E-state index in [0.717, 1.165) is 25.2 Å². The van der Waals surface area contributed by atoms with E-state index in [9.17, 15) is 4.79 Å². The standard InChI is InChI=1S/C13H19N3O2/c1-15(2)10-5-6-16(8-10)12-7-9(13(17)18)3-4-11(12)14/h3-4,7,10H,5-6,8,14H2,1-2H3,(H,17,18). The highest BCUT2D eigenvalue weighted by Crippen LogP contribution is 2.28. The molecule has 18 heavy (non-hydrogen) atoms. The van der Waals surface area contributed by atoms with Crippen molar-refractivity contribution >= 4 is 17.3 Å². The Morgan fingerprint density at radius 2 is 2.22 bits per heavy atom. The van der Waals surface area contributed by atoms with Crippen molar-refractivity contribution in [1.82, 2.24) is 4.90 Å². The number of nitrogen functional groups attached to an aromatic ring is 1. The Balaban J connectivity index is 2.23. The van der Waals surface area contributed by atoms with Crippen LogP contribution < -0.4 is 10.6 Å². The zero-order chi connectivity index (χ0) is 13.3. The van der Waals surface area contributed by atoms with E-state index in [0.29, 0.717) is 11.7 Å². The van der Waals surface area contributed by atoms with Crippen LogP contribution in [0.5, 0.6) is 0 Å². The number of rotatable bonds is 3. The molecule has 1 atom stereocenters. The number of carbonyl (C=O) groups is 1. The van der Waals surface area contributed by atoms with Gasteiger partial charge in [0.15, 0.2) is 0 Å². The number of hydrogen-bond acceptors (Lipinski definition) is 4. The SMILES string of the molecule is CN(C)C1CCN(c2cc(C(=O)O)ccc2N)C1. The van der Waals surface area contributed by atoms with Crippen molar-refractivity contribution in [3.05, 3.63) is 23.8 Å². The zero-order valence-corrected chi connectivity index (χ0v) is 10.8. The molecule has 98 valence electrons. The summed E-state index contributed by atoms with van der Waals surface area (Å²) in [5.74, 6) is -0.917. The Bertz CT molecular complexity index is 460. The predicted molar refractivity (Wildman–Crippen MR) is 72.1 cm³/mol. The van der Waals surface area contributed by atoms with Gasteiger partial charge in [0.2, 0.25) is 0 Å². The number of hydrogen-bond donors (Lipinski definition) is 2. The first-order valence-corrected chi connectivity index (χ1v) is 6.03. The summed E-state index contributed by atoms with van der Waals surface area (Å²) < 4.78 is 0. The van der Waals surface area contributed by atoms with E-state index < -0.39 is 5.97 Å². The summed E-state index contributed by atoms with van der Waals surface area (Å²) in [6, 6.07) is 5.37. The van der Waals surface area contributed by atoms with E-state index in [-0.39, 0.29) is 5.56 Å². The van der Waals surface area contributed by atoms with Crippen molar-refractivity contribution in [3.8, 4) is 0 Å². The lowest BCUT2D eigenvalue weighted by Gasteiger charge is -2.23. The molecule has 1 heterocycles. The quantitative estimate of drug-likeness (QED) is 0.785. The first kappa shape index (κ1) is 12.7. The molecule has 1 saturated heterocycles. The lowest BCUT2D eigenvalue weighted by molar-refractivity contribution is 0.0697. The van der Waals surface area contributed by atoms with E-state index in [4.69, 9.17) is 10.8 Å². The fourth-order valence-electron chi connectivity index (χ4n) is 2.33. The first-order valence-electron chi connectivity index (χ1n) is 6.03. The number of benzene rings is 1. The van der Waals surface area contributed by atoms with Crippen molar-refractivity contribution in [2.75, 3.05) is 37.8 Å². The minimum absolute atomic E-state index is 0.285. The molecule has 3 N–H and O–H groups in total. The number of anilines is 2. The van der Waals surface area contributed by atoms with Crippen molar-refractivity contribution in [2.24, 2.45) is 0 Å². The predicted octanol–water partition coefficient (Wildman–Crippen LogP) is 1.11. The van der Waals surface area contributed by atoms with Crippen LogP contribution >= 0.6 is 0 Å². The molecule has 1 aliphatic rings. The Kier molecular flexibility index (Phi) is 3.43. The van der Waals surface area contributed by atoms with Crippen LogP contribution in [0, 0.1) is 0 Å². The normalized spacial score (nSPS) is 19.5. The lowest BCUT2D eigenvalue weighted by Crippen LogP contribution is -2.31. The van der Waals surface area contributed by atoms with Crippen molar-refractivity contribution in [3.63, 3.8) is 0 Å². The maximum atomic E-state index is 11.0. The maximum Gasteiger partial charge on any atom is 0.335 e. The number of aromatic carboxylic acids is 1. The van der Waals surface area contributed by atoms with Crippen LogP contribution in [-0.4, -0.2) is 49.2 Å². The monoisotopic (exact) mass is 249 g/mol. The van der Waals surface area contributed by atoms with Crippen LogP contribution in [0.15, 0.2) is 18.2 Å². The van der Waals surface area contributed by atoms with E-state index in [1.165, 1.54) is 0 Å². The topological polar surface area (TPSA) is 69.8 Å². The average molecular weight is 249 g/mol. The summed E-state index contributed by atoms with van der Waals surface area (Å²) in [4.78, 5) is 15.3. The van der Waals surface area contributed by atoms with Crippen LogP contribution in [-0.2, 0) is 0 Å². The fraction of sp³-hybridized carbons (Fsp3) is 0.462. The second-order valence-corrected chi connectivity index (χ2v) is 4.93. The van der Waals surface area contributed by atoms with Crippen LogP contribution in [0.4, 0.5) is 11.4 Å². The molecular formula is C13H19N3O2. The van der Waals surface area contributed by atoms with Crippen molar-refractivity contribution in [2.45, 2.75) is 12.5 Å². The van der Waals surface area contributed by atoms with E-state index in [1.807, 2.05) is 0 Å². The highest BCUT2D eigenvalue weighted by atomic mass is 16.4. The summed E-state index contributed by atoms with van der Waals surface area (Å²) >= 11 is 0. The zero-order valence-electron chi connectivity index (χ0n) is 10.8. The summed E-state index contributed by atoms with van der Waals surface area (Å²) in [5.41, 5.74) is 7.70. The van der Waals surface area contributed by atoms with Crippen LogP contribution in [0.25, 0.3) is 0 Å². The molecule has 0 aromatic heterocycles. The number of carboxylic acid groups (broad SMARTS) is 1. The van der Waals surface area contributed by atoms with Gasteiger partial charge in [-0.1, -0.05) is 0 Å². The van der Waals surface area contributed by atoms with Gasteiger partial charge in [-0.05, 0) is 38.7 Å². The lowest BCUT2D eigenvalue weighted by atomic mass is 10.1. The summed E-state index contributed by atoms with van der Waals surface area (Å²) in [6.45, 7) is 1.80. The van der Waals surface area contributed by atoms with Gasteiger partial charge in [0, 0.05) is 19.1 Å². The molecule has 0 saturated carbocycles. The van der Waals surface area contributed by atoms with Gasteiger partial charge in [-0.3, -0.25) is 0 Å². The molecule has 1 aromatic rings. The fourth-order valence-corrected chi connectivity index (χ4v) is 2.33. The Hall–Kier alpha value is -1.75. The highest BCUT2D eigenvalue weighted by Gasteiger charge is 2.25.